The van der Waals surface area contributed by atoms with Gasteiger partial charge in [-0.1, -0.05) is 50.6 Å². The van der Waals surface area contributed by atoms with Crippen LogP contribution < -0.4 is 10.1 Å². The average molecular weight is 419 g/mol. The molecule has 1 unspecified atom stereocenters. The number of carbonyl (C=O) groups is 1. The van der Waals surface area contributed by atoms with Crippen molar-refractivity contribution in [3.8, 4) is 5.75 Å². The fourth-order valence-corrected chi connectivity index (χ4v) is 4.82. The molecule has 2 aromatic rings. The van der Waals surface area contributed by atoms with E-state index >= 15 is 0 Å². The van der Waals surface area contributed by atoms with Crippen molar-refractivity contribution in [3.05, 3.63) is 59.2 Å². The van der Waals surface area contributed by atoms with E-state index in [0.29, 0.717) is 13.1 Å². The number of nitrogens with one attached hydrogen (secondary N) is 1. The third-order valence-electron chi connectivity index (χ3n) is 4.94. The molecule has 0 aliphatic carbocycles. The molecule has 0 aliphatic rings. The predicted octanol–water partition coefficient (Wildman–Crippen LogP) is 3.92. The number of amides is 1. The lowest BCUT2D eigenvalue weighted by atomic mass is 10.0. The molecular weight excluding hydrogens is 388 g/mol. The Morgan fingerprint density at radius 1 is 1.07 bits per heavy atom. The molecule has 0 aromatic heterocycles. The summed E-state index contributed by atoms with van der Waals surface area (Å²) in [4.78, 5) is 12.9. The molecule has 0 radical (unpaired) electrons. The third-order valence-corrected chi connectivity index (χ3v) is 7.01. The van der Waals surface area contributed by atoms with Gasteiger partial charge in [0.1, 0.15) is 10.6 Å². The van der Waals surface area contributed by atoms with Gasteiger partial charge in [-0.25, -0.2) is 8.42 Å². The Morgan fingerprint density at radius 2 is 1.69 bits per heavy atom. The molecule has 0 saturated heterocycles. The number of hydrogen-bond donors (Lipinski definition) is 1. The van der Waals surface area contributed by atoms with Gasteiger partial charge in [0.05, 0.1) is 13.2 Å². The van der Waals surface area contributed by atoms with Gasteiger partial charge in [0, 0.05) is 18.7 Å². The van der Waals surface area contributed by atoms with Crippen molar-refractivity contribution in [2.24, 2.45) is 0 Å². The standard InChI is InChI=1S/C22H30N2O4S/c1-6-19(17-11-9-16(4)10-12-17)23-22(25)18-13-14-20(28-5)21(15-18)29(26,27)24(7-2)8-3/h9-15,19H,6-8H2,1-5H3,(H,23,25). The van der Waals surface area contributed by atoms with E-state index < -0.39 is 10.0 Å². The van der Waals surface area contributed by atoms with Crippen LogP contribution in [-0.2, 0) is 10.0 Å². The first kappa shape index (κ1) is 22.9. The Balaban J connectivity index is 2.37. The lowest BCUT2D eigenvalue weighted by Gasteiger charge is -2.21. The zero-order valence-corrected chi connectivity index (χ0v) is 18.5. The number of sulfonamides is 1. The Kier molecular flexibility index (Phi) is 7.81. The second-order valence-electron chi connectivity index (χ2n) is 6.80. The smallest absolute Gasteiger partial charge is 0.251 e. The largest absolute Gasteiger partial charge is 0.495 e. The zero-order chi connectivity index (χ0) is 21.6. The van der Waals surface area contributed by atoms with Crippen LogP contribution in [0.2, 0.25) is 0 Å². The maximum absolute atomic E-state index is 13.0. The summed E-state index contributed by atoms with van der Waals surface area (Å²) in [6.45, 7) is 8.23. The minimum Gasteiger partial charge on any atom is -0.495 e. The first-order valence-corrected chi connectivity index (χ1v) is 11.3. The van der Waals surface area contributed by atoms with Crippen molar-refractivity contribution in [1.29, 1.82) is 0 Å². The summed E-state index contributed by atoms with van der Waals surface area (Å²) >= 11 is 0. The fourth-order valence-electron chi connectivity index (χ4n) is 3.18. The van der Waals surface area contributed by atoms with Crippen molar-refractivity contribution in [1.82, 2.24) is 9.62 Å². The van der Waals surface area contributed by atoms with Crippen molar-refractivity contribution < 1.29 is 17.9 Å². The van der Waals surface area contributed by atoms with Crippen LogP contribution in [0.1, 0.15) is 54.7 Å². The van der Waals surface area contributed by atoms with Gasteiger partial charge in [0.2, 0.25) is 10.0 Å². The van der Waals surface area contributed by atoms with Gasteiger partial charge in [0.15, 0.2) is 0 Å². The zero-order valence-electron chi connectivity index (χ0n) is 17.7. The number of ether oxygens (including phenoxy) is 1. The molecule has 29 heavy (non-hydrogen) atoms. The van der Waals surface area contributed by atoms with E-state index in [9.17, 15) is 13.2 Å². The number of carbonyl (C=O) groups excluding carboxylic acids is 1. The summed E-state index contributed by atoms with van der Waals surface area (Å²) in [5, 5.41) is 3.00. The second-order valence-corrected chi connectivity index (χ2v) is 8.71. The van der Waals surface area contributed by atoms with Crippen LogP contribution in [0.5, 0.6) is 5.75 Å². The molecule has 0 spiro atoms. The fraction of sp³-hybridized carbons (Fsp3) is 0.409. The van der Waals surface area contributed by atoms with Crippen LogP contribution >= 0.6 is 0 Å². The Labute approximate surface area is 173 Å². The molecule has 158 valence electrons. The third kappa shape index (κ3) is 5.16. The SMILES string of the molecule is CCC(NC(=O)c1ccc(OC)c(S(=O)(=O)N(CC)CC)c1)c1ccc(C)cc1. The van der Waals surface area contributed by atoms with Crippen LogP contribution in [-0.4, -0.2) is 38.8 Å². The maximum Gasteiger partial charge on any atom is 0.251 e. The molecule has 0 heterocycles. The highest BCUT2D eigenvalue weighted by atomic mass is 32.2. The Bertz CT molecular complexity index is 936. The molecule has 1 atom stereocenters. The molecule has 0 aliphatic heterocycles. The van der Waals surface area contributed by atoms with Crippen LogP contribution in [0.25, 0.3) is 0 Å². The van der Waals surface area contributed by atoms with Gasteiger partial charge < -0.3 is 10.1 Å². The van der Waals surface area contributed by atoms with E-state index in [-0.39, 0.29) is 28.2 Å². The lowest BCUT2D eigenvalue weighted by molar-refractivity contribution is 0.0935. The predicted molar refractivity (Wildman–Crippen MR) is 115 cm³/mol. The lowest BCUT2D eigenvalue weighted by Crippen LogP contribution is -2.32. The summed E-state index contributed by atoms with van der Waals surface area (Å²) in [5.74, 6) is -0.102. The first-order chi connectivity index (χ1) is 13.8. The number of methoxy groups -OCH3 is 1. The Hall–Kier alpha value is -2.38. The van der Waals surface area contributed by atoms with E-state index in [1.54, 1.807) is 19.9 Å². The highest BCUT2D eigenvalue weighted by molar-refractivity contribution is 7.89. The molecule has 1 amide bonds. The molecule has 2 aromatic carbocycles. The molecule has 6 nitrogen and oxygen atoms in total. The molecule has 0 bridgehead atoms. The van der Waals surface area contributed by atoms with Crippen molar-refractivity contribution >= 4 is 15.9 Å². The van der Waals surface area contributed by atoms with Gasteiger partial charge in [-0.15, -0.1) is 0 Å². The minimum atomic E-state index is -3.76. The van der Waals surface area contributed by atoms with Gasteiger partial charge in [0.25, 0.3) is 5.91 Å². The van der Waals surface area contributed by atoms with E-state index in [1.165, 1.54) is 23.5 Å². The van der Waals surface area contributed by atoms with Crippen molar-refractivity contribution in [2.45, 2.75) is 45.1 Å². The monoisotopic (exact) mass is 418 g/mol. The molecule has 2 rings (SSSR count). The molecule has 0 saturated carbocycles. The average Bonchev–Trinajstić information content (AvgIpc) is 2.72. The molecule has 0 fully saturated rings. The maximum atomic E-state index is 13.0. The van der Waals surface area contributed by atoms with Gasteiger partial charge in [-0.2, -0.15) is 4.31 Å². The summed E-state index contributed by atoms with van der Waals surface area (Å²) in [5.41, 5.74) is 2.44. The second kappa shape index (κ2) is 9.89. The highest BCUT2D eigenvalue weighted by Crippen LogP contribution is 2.28. The van der Waals surface area contributed by atoms with E-state index in [1.807, 2.05) is 38.1 Å². The van der Waals surface area contributed by atoms with E-state index in [0.717, 1.165) is 17.5 Å². The van der Waals surface area contributed by atoms with Crippen molar-refractivity contribution in [2.75, 3.05) is 20.2 Å². The quantitative estimate of drug-likeness (QED) is 0.670. The van der Waals surface area contributed by atoms with Crippen molar-refractivity contribution in [3.63, 3.8) is 0 Å². The topological polar surface area (TPSA) is 75.7 Å². The number of hydrogen-bond acceptors (Lipinski definition) is 4. The van der Waals surface area contributed by atoms with Crippen LogP contribution in [0.3, 0.4) is 0 Å². The van der Waals surface area contributed by atoms with Crippen LogP contribution in [0, 0.1) is 6.92 Å². The van der Waals surface area contributed by atoms with Gasteiger partial charge >= 0.3 is 0 Å². The summed E-state index contributed by atoms with van der Waals surface area (Å²) in [7, 11) is -2.35. The number of nitrogens with zero attached hydrogens (tertiary/aromatic N) is 1. The molecule has 7 heteroatoms. The highest BCUT2D eigenvalue weighted by Gasteiger charge is 2.27. The van der Waals surface area contributed by atoms with Gasteiger partial charge in [-0.05, 0) is 37.1 Å². The number of rotatable bonds is 9. The number of benzene rings is 2. The Morgan fingerprint density at radius 3 is 2.21 bits per heavy atom. The number of aryl methyl sites for hydroxylation is 1. The van der Waals surface area contributed by atoms with Crippen LogP contribution in [0.4, 0.5) is 0 Å². The van der Waals surface area contributed by atoms with E-state index in [2.05, 4.69) is 5.32 Å². The first-order valence-electron chi connectivity index (χ1n) is 9.84. The molecular formula is C22H30N2O4S. The molecule has 1 N–H and O–H groups in total. The van der Waals surface area contributed by atoms with Gasteiger partial charge in [-0.3, -0.25) is 4.79 Å². The minimum absolute atomic E-state index is 0.000246. The normalized spacial score (nSPS) is 12.6. The van der Waals surface area contributed by atoms with E-state index in [4.69, 9.17) is 4.74 Å². The van der Waals surface area contributed by atoms with Crippen LogP contribution in [0.15, 0.2) is 47.4 Å². The summed E-state index contributed by atoms with van der Waals surface area (Å²) < 4.78 is 32.6. The summed E-state index contributed by atoms with van der Waals surface area (Å²) in [6.07, 6.45) is 0.718. The summed E-state index contributed by atoms with van der Waals surface area (Å²) in [6, 6.07) is 12.3.